The SMILES string of the molecule is N=C(N)c1ccc(C2(Cc3ccccc3)NC(=O)N(CC(=O)O)C2=O)cc1. The first-order chi connectivity index (χ1) is 12.8. The number of benzene rings is 2. The molecule has 2 aromatic rings. The number of urea groups is 1. The molecule has 27 heavy (non-hydrogen) atoms. The third kappa shape index (κ3) is 3.37. The number of carboxylic acid groups (broad SMARTS) is 1. The van der Waals surface area contributed by atoms with Crippen LogP contribution in [0.5, 0.6) is 0 Å². The van der Waals surface area contributed by atoms with Gasteiger partial charge in [0.2, 0.25) is 0 Å². The van der Waals surface area contributed by atoms with E-state index in [4.69, 9.17) is 16.2 Å². The van der Waals surface area contributed by atoms with Crippen molar-refractivity contribution in [3.8, 4) is 0 Å². The van der Waals surface area contributed by atoms with Crippen LogP contribution >= 0.6 is 0 Å². The van der Waals surface area contributed by atoms with Crippen molar-refractivity contribution >= 4 is 23.7 Å². The van der Waals surface area contributed by atoms with Gasteiger partial charge in [-0.25, -0.2) is 4.79 Å². The highest BCUT2D eigenvalue weighted by molar-refractivity contribution is 6.09. The van der Waals surface area contributed by atoms with E-state index in [1.807, 2.05) is 30.3 Å². The second-order valence-corrected chi connectivity index (χ2v) is 6.27. The molecule has 3 rings (SSSR count). The molecule has 0 saturated carbocycles. The number of amidine groups is 1. The van der Waals surface area contributed by atoms with E-state index in [2.05, 4.69) is 5.32 Å². The quantitative estimate of drug-likeness (QED) is 0.344. The Morgan fingerprint density at radius 2 is 1.74 bits per heavy atom. The van der Waals surface area contributed by atoms with Crippen LogP contribution in [-0.4, -0.2) is 40.3 Å². The molecule has 0 bridgehead atoms. The van der Waals surface area contributed by atoms with Crippen molar-refractivity contribution < 1.29 is 19.5 Å². The molecule has 3 amide bonds. The lowest BCUT2D eigenvalue weighted by atomic mass is 9.83. The number of nitrogens with zero attached hydrogens (tertiary/aromatic N) is 1. The molecule has 1 aliphatic heterocycles. The third-order valence-electron chi connectivity index (χ3n) is 4.47. The van der Waals surface area contributed by atoms with Gasteiger partial charge in [-0.05, 0) is 11.1 Å². The first-order valence-electron chi connectivity index (χ1n) is 8.18. The van der Waals surface area contributed by atoms with Gasteiger partial charge in [-0.3, -0.25) is 19.9 Å². The highest BCUT2D eigenvalue weighted by Crippen LogP contribution is 2.33. The van der Waals surface area contributed by atoms with Crippen LogP contribution in [0.3, 0.4) is 0 Å². The lowest BCUT2D eigenvalue weighted by molar-refractivity contribution is -0.143. The molecular formula is C19H18N4O4. The summed E-state index contributed by atoms with van der Waals surface area (Å²) < 4.78 is 0. The van der Waals surface area contributed by atoms with E-state index in [-0.39, 0.29) is 12.3 Å². The number of amides is 3. The summed E-state index contributed by atoms with van der Waals surface area (Å²) in [6.07, 6.45) is 0.161. The molecule has 1 aliphatic rings. The molecule has 1 heterocycles. The summed E-state index contributed by atoms with van der Waals surface area (Å²) in [6, 6.07) is 14.8. The van der Waals surface area contributed by atoms with Gasteiger partial charge in [0.1, 0.15) is 12.4 Å². The standard InChI is InChI=1S/C19H18N4O4/c20-16(21)13-6-8-14(9-7-13)19(10-12-4-2-1-3-5-12)17(26)23(11-15(24)25)18(27)22-19/h1-9H,10-11H2,(H3,20,21)(H,22,27)(H,24,25). The van der Waals surface area contributed by atoms with E-state index in [9.17, 15) is 14.4 Å². The van der Waals surface area contributed by atoms with Crippen molar-refractivity contribution in [1.82, 2.24) is 10.2 Å². The van der Waals surface area contributed by atoms with Gasteiger partial charge in [0, 0.05) is 12.0 Å². The molecule has 0 aromatic heterocycles. The number of carboxylic acids is 1. The van der Waals surface area contributed by atoms with Crippen LogP contribution in [0, 0.1) is 5.41 Å². The Balaban J connectivity index is 2.07. The molecule has 1 saturated heterocycles. The highest BCUT2D eigenvalue weighted by atomic mass is 16.4. The molecular weight excluding hydrogens is 348 g/mol. The maximum atomic E-state index is 13.1. The van der Waals surface area contributed by atoms with Crippen LogP contribution in [0.15, 0.2) is 54.6 Å². The molecule has 8 nitrogen and oxygen atoms in total. The Bertz CT molecular complexity index is 911. The summed E-state index contributed by atoms with van der Waals surface area (Å²) in [6.45, 7) is -0.716. The molecule has 138 valence electrons. The number of rotatable bonds is 6. The fraction of sp³-hybridized carbons (Fsp3) is 0.158. The van der Waals surface area contributed by atoms with E-state index in [1.165, 1.54) is 0 Å². The second kappa shape index (κ2) is 6.91. The molecule has 2 aromatic carbocycles. The average molecular weight is 366 g/mol. The molecule has 8 heteroatoms. The van der Waals surface area contributed by atoms with Crippen molar-refractivity contribution in [2.45, 2.75) is 12.0 Å². The number of carbonyl (C=O) groups excluding carboxylic acids is 2. The number of carbonyl (C=O) groups is 3. The van der Waals surface area contributed by atoms with Crippen molar-refractivity contribution in [3.63, 3.8) is 0 Å². The van der Waals surface area contributed by atoms with Crippen molar-refractivity contribution in [3.05, 3.63) is 71.3 Å². The van der Waals surface area contributed by atoms with Crippen LogP contribution in [0.4, 0.5) is 4.79 Å². The predicted molar refractivity (Wildman–Crippen MR) is 97.2 cm³/mol. The van der Waals surface area contributed by atoms with Crippen molar-refractivity contribution in [2.75, 3.05) is 6.54 Å². The minimum Gasteiger partial charge on any atom is -0.480 e. The van der Waals surface area contributed by atoms with E-state index >= 15 is 0 Å². The summed E-state index contributed by atoms with van der Waals surface area (Å²) in [4.78, 5) is 37.2. The third-order valence-corrected chi connectivity index (χ3v) is 4.47. The Labute approximate surface area is 155 Å². The summed E-state index contributed by atoms with van der Waals surface area (Å²) in [5.41, 5.74) is 5.82. The van der Waals surface area contributed by atoms with E-state index in [1.54, 1.807) is 24.3 Å². The first kappa shape index (κ1) is 18.1. The van der Waals surface area contributed by atoms with Gasteiger partial charge in [-0.2, -0.15) is 0 Å². The van der Waals surface area contributed by atoms with Crippen molar-refractivity contribution in [1.29, 1.82) is 5.41 Å². The molecule has 1 fully saturated rings. The maximum Gasteiger partial charge on any atom is 0.325 e. The number of hydrogen-bond donors (Lipinski definition) is 4. The zero-order valence-electron chi connectivity index (χ0n) is 14.3. The number of imide groups is 1. The van der Waals surface area contributed by atoms with E-state index in [0.717, 1.165) is 5.56 Å². The molecule has 0 spiro atoms. The Morgan fingerprint density at radius 1 is 1.11 bits per heavy atom. The molecule has 0 radical (unpaired) electrons. The zero-order valence-corrected chi connectivity index (χ0v) is 14.3. The Hall–Kier alpha value is -3.68. The lowest BCUT2D eigenvalue weighted by Gasteiger charge is -2.27. The predicted octanol–water partition coefficient (Wildman–Crippen LogP) is 1.05. The summed E-state index contributed by atoms with van der Waals surface area (Å²) >= 11 is 0. The summed E-state index contributed by atoms with van der Waals surface area (Å²) in [5, 5.41) is 19.2. The molecule has 0 aliphatic carbocycles. The number of nitrogens with two attached hydrogens (primary N) is 1. The fourth-order valence-corrected chi connectivity index (χ4v) is 3.16. The van der Waals surface area contributed by atoms with Gasteiger partial charge in [-0.1, -0.05) is 54.6 Å². The van der Waals surface area contributed by atoms with Gasteiger partial charge in [0.15, 0.2) is 5.54 Å². The van der Waals surface area contributed by atoms with Crippen LogP contribution in [0.1, 0.15) is 16.7 Å². The van der Waals surface area contributed by atoms with Crippen LogP contribution in [0.2, 0.25) is 0 Å². The lowest BCUT2D eigenvalue weighted by Crippen LogP contribution is -2.46. The molecule has 5 N–H and O–H groups in total. The minimum absolute atomic E-state index is 0.118. The average Bonchev–Trinajstić information content (AvgIpc) is 2.87. The number of nitrogen functional groups attached to an aromatic ring is 1. The second-order valence-electron chi connectivity index (χ2n) is 6.27. The van der Waals surface area contributed by atoms with Gasteiger partial charge < -0.3 is 16.2 Å². The van der Waals surface area contributed by atoms with Gasteiger partial charge in [0.25, 0.3) is 5.91 Å². The van der Waals surface area contributed by atoms with Crippen LogP contribution in [-0.2, 0) is 21.5 Å². The fourth-order valence-electron chi connectivity index (χ4n) is 3.16. The number of hydrogen-bond acceptors (Lipinski definition) is 4. The summed E-state index contributed by atoms with van der Waals surface area (Å²) in [7, 11) is 0. The van der Waals surface area contributed by atoms with Gasteiger partial charge in [-0.15, -0.1) is 0 Å². The smallest absolute Gasteiger partial charge is 0.325 e. The van der Waals surface area contributed by atoms with Crippen LogP contribution in [0.25, 0.3) is 0 Å². The normalized spacial score (nSPS) is 19.0. The number of nitrogens with one attached hydrogen (secondary N) is 2. The van der Waals surface area contributed by atoms with Gasteiger partial charge in [0.05, 0.1) is 0 Å². The van der Waals surface area contributed by atoms with Crippen molar-refractivity contribution in [2.24, 2.45) is 5.73 Å². The molecule has 1 atom stereocenters. The largest absolute Gasteiger partial charge is 0.480 e. The topological polar surface area (TPSA) is 137 Å². The maximum absolute atomic E-state index is 13.1. The minimum atomic E-state index is -1.43. The number of aliphatic carboxylic acids is 1. The molecule has 1 unspecified atom stereocenters. The monoisotopic (exact) mass is 366 g/mol. The first-order valence-corrected chi connectivity index (χ1v) is 8.18. The Kier molecular flexibility index (Phi) is 4.64. The van der Waals surface area contributed by atoms with Crippen LogP contribution < -0.4 is 11.1 Å². The highest BCUT2D eigenvalue weighted by Gasteiger charge is 2.52. The Morgan fingerprint density at radius 3 is 2.30 bits per heavy atom. The zero-order chi connectivity index (χ0) is 19.6. The van der Waals surface area contributed by atoms with E-state index < -0.39 is 30.0 Å². The van der Waals surface area contributed by atoms with Gasteiger partial charge >= 0.3 is 12.0 Å². The summed E-state index contributed by atoms with van der Waals surface area (Å²) in [5.74, 6) is -2.02. The van der Waals surface area contributed by atoms with E-state index in [0.29, 0.717) is 16.0 Å².